The van der Waals surface area contributed by atoms with Crippen molar-refractivity contribution in [1.82, 2.24) is 16.0 Å². The molecule has 4 heteroatoms. The molecule has 0 aromatic carbocycles. The Kier molecular flexibility index (Phi) is 5.31. The van der Waals surface area contributed by atoms with Gasteiger partial charge in [0.15, 0.2) is 0 Å². The zero-order valence-corrected chi connectivity index (χ0v) is 6.86. The number of rotatable bonds is 0. The average Bonchev–Trinajstić information content (AvgIpc) is 2.64. The fourth-order valence-corrected chi connectivity index (χ4v) is 0.964. The van der Waals surface area contributed by atoms with Crippen LogP contribution in [0.2, 0.25) is 0 Å². The second-order valence-corrected chi connectivity index (χ2v) is 2.55. The maximum absolute atomic E-state index is 4.83. The molecule has 0 bridgehead atoms. The molecule has 0 radical (unpaired) electrons. The average molecular weight is 159 g/mol. The summed E-state index contributed by atoms with van der Waals surface area (Å²) in [6.45, 7) is 7.22. The maximum Gasteiger partial charge on any atom is 0.0966 e. The molecule has 2 fully saturated rings. The van der Waals surface area contributed by atoms with Crippen molar-refractivity contribution in [2.24, 2.45) is 0 Å². The van der Waals surface area contributed by atoms with Gasteiger partial charge in [-0.15, -0.1) is 0 Å². The highest BCUT2D eigenvalue weighted by Gasteiger charge is 1.92. The molecule has 2 heterocycles. The van der Waals surface area contributed by atoms with E-state index in [1.807, 2.05) is 0 Å². The van der Waals surface area contributed by atoms with E-state index in [1.165, 1.54) is 0 Å². The number of piperazine rings is 1. The van der Waals surface area contributed by atoms with Gasteiger partial charge in [-0.3, -0.25) is 5.32 Å². The van der Waals surface area contributed by atoms with Gasteiger partial charge in [0.2, 0.25) is 0 Å². The summed E-state index contributed by atoms with van der Waals surface area (Å²) in [6, 6.07) is 0. The second kappa shape index (κ2) is 6.54. The first-order valence-electron chi connectivity index (χ1n) is 4.20. The molecule has 0 aromatic rings. The minimum absolute atomic E-state index is 0.750. The lowest BCUT2D eigenvalue weighted by atomic mass is 10.4. The molecule has 0 spiro atoms. The van der Waals surface area contributed by atoms with Crippen LogP contribution in [0.1, 0.15) is 0 Å². The molecule has 0 aromatic heterocycles. The normalized spacial score (nSPS) is 24.0. The van der Waals surface area contributed by atoms with E-state index >= 15 is 0 Å². The standard InChI is InChI=1S/C4H10N2.C3H7NO/c1-2-6-4-3-5-1;1-2-5-3-4-1/h5-6H,1-4H2;4H,1-3H2. The van der Waals surface area contributed by atoms with Crippen molar-refractivity contribution in [2.75, 3.05) is 46.1 Å². The molecular formula is C7H17N3O. The van der Waals surface area contributed by atoms with Gasteiger partial charge in [-0.05, 0) is 0 Å². The van der Waals surface area contributed by atoms with Crippen LogP contribution < -0.4 is 16.0 Å². The Labute approximate surface area is 67.7 Å². The van der Waals surface area contributed by atoms with Crippen molar-refractivity contribution >= 4 is 0 Å². The van der Waals surface area contributed by atoms with E-state index in [-0.39, 0.29) is 0 Å². The summed E-state index contributed by atoms with van der Waals surface area (Å²) >= 11 is 0. The first kappa shape index (κ1) is 8.93. The molecule has 66 valence electrons. The molecule has 0 saturated carbocycles. The zero-order valence-electron chi connectivity index (χ0n) is 6.86. The number of hydrogen-bond acceptors (Lipinski definition) is 4. The third-order valence-corrected chi connectivity index (χ3v) is 1.58. The van der Waals surface area contributed by atoms with Crippen molar-refractivity contribution in [2.45, 2.75) is 0 Å². The molecule has 0 atom stereocenters. The van der Waals surface area contributed by atoms with E-state index < -0.39 is 0 Å². The lowest BCUT2D eigenvalue weighted by Crippen LogP contribution is -2.39. The van der Waals surface area contributed by atoms with Crippen molar-refractivity contribution in [1.29, 1.82) is 0 Å². The van der Waals surface area contributed by atoms with Crippen LogP contribution in [-0.2, 0) is 4.74 Å². The largest absolute Gasteiger partial charge is 0.365 e. The van der Waals surface area contributed by atoms with Crippen LogP contribution in [0.3, 0.4) is 0 Å². The monoisotopic (exact) mass is 159 g/mol. The molecule has 11 heavy (non-hydrogen) atoms. The van der Waals surface area contributed by atoms with Crippen LogP contribution in [0.4, 0.5) is 0 Å². The third kappa shape index (κ3) is 5.15. The Morgan fingerprint density at radius 2 is 1.36 bits per heavy atom. The van der Waals surface area contributed by atoms with Crippen LogP contribution in [0.25, 0.3) is 0 Å². The molecule has 0 amide bonds. The van der Waals surface area contributed by atoms with Gasteiger partial charge in [-0.1, -0.05) is 0 Å². The van der Waals surface area contributed by atoms with Gasteiger partial charge in [0.25, 0.3) is 0 Å². The fourth-order valence-electron chi connectivity index (χ4n) is 0.964. The smallest absolute Gasteiger partial charge is 0.0966 e. The van der Waals surface area contributed by atoms with Gasteiger partial charge in [-0.2, -0.15) is 0 Å². The van der Waals surface area contributed by atoms with Gasteiger partial charge in [0.05, 0.1) is 13.3 Å². The lowest BCUT2D eigenvalue weighted by Gasteiger charge is -2.11. The Morgan fingerprint density at radius 3 is 1.55 bits per heavy atom. The van der Waals surface area contributed by atoms with E-state index in [2.05, 4.69) is 16.0 Å². The van der Waals surface area contributed by atoms with E-state index in [9.17, 15) is 0 Å². The lowest BCUT2D eigenvalue weighted by molar-refractivity contribution is 0.194. The highest BCUT2D eigenvalue weighted by atomic mass is 16.5. The molecule has 0 unspecified atom stereocenters. The van der Waals surface area contributed by atoms with E-state index in [0.717, 1.165) is 46.1 Å². The summed E-state index contributed by atoms with van der Waals surface area (Å²) in [5, 5.41) is 9.44. The Morgan fingerprint density at radius 1 is 0.727 bits per heavy atom. The van der Waals surface area contributed by atoms with E-state index in [0.29, 0.717) is 0 Å². The minimum atomic E-state index is 0.750. The number of hydrogen-bond donors (Lipinski definition) is 3. The molecule has 0 aliphatic carbocycles. The third-order valence-electron chi connectivity index (χ3n) is 1.58. The number of ether oxygens (including phenoxy) is 1. The first-order chi connectivity index (χ1) is 5.50. The van der Waals surface area contributed by atoms with Gasteiger partial charge >= 0.3 is 0 Å². The van der Waals surface area contributed by atoms with Crippen LogP contribution in [0, 0.1) is 0 Å². The van der Waals surface area contributed by atoms with Crippen LogP contribution in [0.15, 0.2) is 0 Å². The second-order valence-electron chi connectivity index (χ2n) is 2.55. The van der Waals surface area contributed by atoms with Gasteiger partial charge in [0, 0.05) is 32.7 Å². The van der Waals surface area contributed by atoms with Crippen molar-refractivity contribution < 1.29 is 4.74 Å². The molecule has 4 nitrogen and oxygen atoms in total. The summed E-state index contributed by atoms with van der Waals surface area (Å²) in [6.07, 6.45) is 0. The van der Waals surface area contributed by atoms with Gasteiger partial charge in [0.1, 0.15) is 0 Å². The Bertz CT molecular complexity index is 62.6. The molecular weight excluding hydrogens is 142 g/mol. The summed E-state index contributed by atoms with van der Waals surface area (Å²) in [5.74, 6) is 0. The Balaban J connectivity index is 0.000000112. The van der Waals surface area contributed by atoms with E-state index in [4.69, 9.17) is 4.74 Å². The highest BCUT2D eigenvalue weighted by Crippen LogP contribution is 1.75. The first-order valence-corrected chi connectivity index (χ1v) is 4.20. The molecule has 2 aliphatic rings. The van der Waals surface area contributed by atoms with Crippen molar-refractivity contribution in [3.8, 4) is 0 Å². The van der Waals surface area contributed by atoms with Gasteiger partial charge in [-0.25, -0.2) is 0 Å². The quantitative estimate of drug-likeness (QED) is 0.413. The number of nitrogens with one attached hydrogen (secondary N) is 3. The van der Waals surface area contributed by atoms with Crippen molar-refractivity contribution in [3.63, 3.8) is 0 Å². The topological polar surface area (TPSA) is 45.3 Å². The predicted octanol–water partition coefficient (Wildman–Crippen LogP) is -1.26. The van der Waals surface area contributed by atoms with Crippen LogP contribution in [-0.4, -0.2) is 46.1 Å². The highest BCUT2D eigenvalue weighted by molar-refractivity contribution is 4.59. The Hall–Kier alpha value is -0.160. The maximum atomic E-state index is 4.83. The minimum Gasteiger partial charge on any atom is -0.365 e. The summed E-state index contributed by atoms with van der Waals surface area (Å²) in [5.41, 5.74) is 0. The molecule has 2 aliphatic heterocycles. The molecule has 2 rings (SSSR count). The summed E-state index contributed by atoms with van der Waals surface area (Å²) in [7, 11) is 0. The molecule has 2 saturated heterocycles. The fraction of sp³-hybridized carbons (Fsp3) is 1.00. The predicted molar refractivity (Wildman–Crippen MR) is 44.6 cm³/mol. The SMILES string of the molecule is C1CNCCN1.C1COCN1. The van der Waals surface area contributed by atoms with Crippen molar-refractivity contribution in [3.05, 3.63) is 0 Å². The summed E-state index contributed by atoms with van der Waals surface area (Å²) < 4.78 is 4.83. The van der Waals surface area contributed by atoms with Gasteiger partial charge < -0.3 is 15.4 Å². The van der Waals surface area contributed by atoms with Crippen LogP contribution in [0.5, 0.6) is 0 Å². The molecule has 3 N–H and O–H groups in total. The summed E-state index contributed by atoms with van der Waals surface area (Å²) in [4.78, 5) is 0. The van der Waals surface area contributed by atoms with E-state index in [1.54, 1.807) is 0 Å². The zero-order chi connectivity index (χ0) is 7.78. The van der Waals surface area contributed by atoms with Crippen LogP contribution >= 0.6 is 0 Å².